The number of hydrogen-bond acceptors (Lipinski definition) is 2. The second-order valence-electron chi connectivity index (χ2n) is 6.52. The maximum absolute atomic E-state index is 13.4. The molecule has 0 N–H and O–H groups in total. The summed E-state index contributed by atoms with van der Waals surface area (Å²) in [5.74, 6) is -1.42. The Morgan fingerprint density at radius 3 is 2.30 bits per heavy atom. The van der Waals surface area contributed by atoms with Crippen LogP contribution in [-0.4, -0.2) is 18.8 Å². The van der Waals surface area contributed by atoms with Gasteiger partial charge in [-0.3, -0.25) is 4.79 Å². The van der Waals surface area contributed by atoms with Gasteiger partial charge in [-0.25, -0.2) is 0 Å². The third-order valence-corrected chi connectivity index (χ3v) is 4.47. The molecule has 0 bridgehead atoms. The summed E-state index contributed by atoms with van der Waals surface area (Å²) in [6, 6.07) is 6.22. The Bertz CT molecular complexity index is 612. The molecular formula is C18H21F3O2. The Morgan fingerprint density at radius 1 is 1.26 bits per heavy atom. The van der Waals surface area contributed by atoms with Crippen molar-refractivity contribution >= 4 is 11.5 Å². The van der Waals surface area contributed by atoms with Gasteiger partial charge in [0.05, 0.1) is 18.1 Å². The van der Waals surface area contributed by atoms with Gasteiger partial charge in [-0.15, -0.1) is 0 Å². The molecule has 23 heavy (non-hydrogen) atoms. The highest BCUT2D eigenvalue weighted by Gasteiger charge is 2.62. The average Bonchev–Trinajstić information content (AvgIpc) is 2.97. The van der Waals surface area contributed by atoms with Gasteiger partial charge >= 0.3 is 12.1 Å². The first kappa shape index (κ1) is 17.6. The number of esters is 1. The lowest BCUT2D eigenvalue weighted by molar-refractivity contribution is -0.145. The molecular weight excluding hydrogens is 305 g/mol. The molecule has 2 nitrogen and oxygen atoms in total. The molecule has 2 rings (SSSR count). The molecule has 0 spiro atoms. The molecule has 1 aromatic rings. The molecule has 0 aromatic heterocycles. The molecule has 0 radical (unpaired) electrons. The van der Waals surface area contributed by atoms with Gasteiger partial charge in [0.25, 0.3) is 0 Å². The molecule has 2 atom stereocenters. The second kappa shape index (κ2) is 6.02. The van der Waals surface area contributed by atoms with E-state index in [1.54, 1.807) is 32.9 Å². The van der Waals surface area contributed by atoms with E-state index in [-0.39, 0.29) is 12.2 Å². The van der Waals surface area contributed by atoms with Gasteiger partial charge < -0.3 is 4.74 Å². The Labute approximate surface area is 134 Å². The van der Waals surface area contributed by atoms with Crippen molar-refractivity contribution < 1.29 is 22.7 Å². The number of ether oxygens (including phenoxy) is 1. The highest BCUT2D eigenvalue weighted by Crippen LogP contribution is 2.60. The van der Waals surface area contributed by atoms with E-state index < -0.39 is 35.0 Å². The number of carbonyl (C=O) groups is 1. The zero-order chi connectivity index (χ0) is 17.4. The average molecular weight is 326 g/mol. The third kappa shape index (κ3) is 3.59. The van der Waals surface area contributed by atoms with Crippen molar-refractivity contribution in [1.29, 1.82) is 0 Å². The normalized spacial score (nSPS) is 23.5. The SMILES string of the molecule is CCOC(=O)C1C(/C=C(/c2ccc(C)cc2)C(F)(F)F)C1(C)C. The monoisotopic (exact) mass is 326 g/mol. The van der Waals surface area contributed by atoms with Crippen molar-refractivity contribution in [3.63, 3.8) is 0 Å². The van der Waals surface area contributed by atoms with Crippen LogP contribution in [0.3, 0.4) is 0 Å². The minimum atomic E-state index is -4.47. The Kier molecular flexibility index (Phi) is 4.60. The predicted octanol–water partition coefficient (Wildman–Crippen LogP) is 4.78. The Hall–Kier alpha value is -1.78. The number of allylic oxidation sites excluding steroid dienone is 2. The standard InChI is InChI=1S/C18H21F3O2/c1-5-23-16(22)15-14(17(15,3)4)10-13(18(19,20)21)12-8-6-11(2)7-9-12/h6-10,14-15H,5H2,1-4H3/b13-10-. The lowest BCUT2D eigenvalue weighted by Crippen LogP contribution is -2.12. The number of hydrogen-bond donors (Lipinski definition) is 0. The topological polar surface area (TPSA) is 26.3 Å². The molecule has 1 saturated carbocycles. The summed E-state index contributed by atoms with van der Waals surface area (Å²) in [6.07, 6.45) is -3.28. The molecule has 1 aromatic carbocycles. The zero-order valence-electron chi connectivity index (χ0n) is 13.7. The van der Waals surface area contributed by atoms with E-state index >= 15 is 0 Å². The Balaban J connectivity index is 2.36. The van der Waals surface area contributed by atoms with Gasteiger partial charge in [-0.2, -0.15) is 13.2 Å². The van der Waals surface area contributed by atoms with Crippen LogP contribution >= 0.6 is 0 Å². The summed E-state index contributed by atoms with van der Waals surface area (Å²) < 4.78 is 45.3. The molecule has 2 unspecified atom stereocenters. The molecule has 1 fully saturated rings. The van der Waals surface area contributed by atoms with Crippen LogP contribution in [0.4, 0.5) is 13.2 Å². The first-order valence-electron chi connectivity index (χ1n) is 7.61. The number of carbonyl (C=O) groups excluding carboxylic acids is 1. The predicted molar refractivity (Wildman–Crippen MR) is 82.6 cm³/mol. The van der Waals surface area contributed by atoms with Gasteiger partial charge in [0.15, 0.2) is 0 Å². The fraction of sp³-hybridized carbons (Fsp3) is 0.500. The number of aryl methyl sites for hydroxylation is 1. The van der Waals surface area contributed by atoms with Crippen LogP contribution in [0.25, 0.3) is 5.57 Å². The van der Waals surface area contributed by atoms with Gasteiger partial charge in [-0.1, -0.05) is 49.8 Å². The first-order valence-corrected chi connectivity index (χ1v) is 7.61. The van der Waals surface area contributed by atoms with Crippen LogP contribution in [0, 0.1) is 24.2 Å². The first-order chi connectivity index (χ1) is 10.6. The van der Waals surface area contributed by atoms with Crippen molar-refractivity contribution in [2.24, 2.45) is 17.3 Å². The molecule has 5 heteroatoms. The summed E-state index contributed by atoms with van der Waals surface area (Å²) in [5, 5.41) is 0. The number of halogens is 3. The summed E-state index contributed by atoms with van der Waals surface area (Å²) in [7, 11) is 0. The summed E-state index contributed by atoms with van der Waals surface area (Å²) in [6.45, 7) is 7.32. The van der Waals surface area contributed by atoms with E-state index in [4.69, 9.17) is 4.74 Å². The minimum absolute atomic E-state index is 0.119. The molecule has 0 amide bonds. The van der Waals surface area contributed by atoms with E-state index in [1.807, 2.05) is 6.92 Å². The molecule has 0 heterocycles. The fourth-order valence-corrected chi connectivity index (χ4v) is 2.94. The fourth-order valence-electron chi connectivity index (χ4n) is 2.94. The zero-order valence-corrected chi connectivity index (χ0v) is 13.7. The number of alkyl halides is 3. The van der Waals surface area contributed by atoms with Crippen molar-refractivity contribution in [1.82, 2.24) is 0 Å². The lowest BCUT2D eigenvalue weighted by atomic mass is 10.0. The van der Waals surface area contributed by atoms with E-state index in [0.29, 0.717) is 0 Å². The van der Waals surface area contributed by atoms with Crippen LogP contribution < -0.4 is 0 Å². The van der Waals surface area contributed by atoms with E-state index in [1.165, 1.54) is 18.2 Å². The quantitative estimate of drug-likeness (QED) is 0.745. The van der Waals surface area contributed by atoms with Crippen molar-refractivity contribution in [3.05, 3.63) is 41.5 Å². The molecule has 1 aliphatic carbocycles. The summed E-state index contributed by atoms with van der Waals surface area (Å²) in [4.78, 5) is 11.9. The van der Waals surface area contributed by atoms with E-state index in [9.17, 15) is 18.0 Å². The second-order valence-corrected chi connectivity index (χ2v) is 6.52. The van der Waals surface area contributed by atoms with Gasteiger partial charge in [0.2, 0.25) is 0 Å². The highest BCUT2D eigenvalue weighted by molar-refractivity contribution is 5.80. The highest BCUT2D eigenvalue weighted by atomic mass is 19.4. The lowest BCUT2D eigenvalue weighted by Gasteiger charge is -2.13. The van der Waals surface area contributed by atoms with E-state index in [2.05, 4.69) is 0 Å². The third-order valence-electron chi connectivity index (χ3n) is 4.47. The summed E-state index contributed by atoms with van der Waals surface area (Å²) in [5.41, 5.74) is -0.199. The maximum Gasteiger partial charge on any atom is 0.416 e. The van der Waals surface area contributed by atoms with Crippen LogP contribution in [0.15, 0.2) is 30.3 Å². The number of rotatable bonds is 4. The van der Waals surface area contributed by atoms with E-state index in [0.717, 1.165) is 5.56 Å². The molecule has 0 aliphatic heterocycles. The minimum Gasteiger partial charge on any atom is -0.466 e. The van der Waals surface area contributed by atoms with Crippen molar-refractivity contribution in [3.8, 4) is 0 Å². The maximum atomic E-state index is 13.4. The molecule has 1 aliphatic rings. The van der Waals surface area contributed by atoms with Gasteiger partial charge in [0.1, 0.15) is 0 Å². The molecule has 0 saturated heterocycles. The smallest absolute Gasteiger partial charge is 0.416 e. The van der Waals surface area contributed by atoms with Crippen molar-refractivity contribution in [2.75, 3.05) is 6.61 Å². The van der Waals surface area contributed by atoms with Crippen molar-refractivity contribution in [2.45, 2.75) is 33.9 Å². The van der Waals surface area contributed by atoms with Gasteiger partial charge in [0, 0.05) is 0 Å². The number of benzene rings is 1. The molecule has 126 valence electrons. The van der Waals surface area contributed by atoms with Crippen LogP contribution in [0.1, 0.15) is 31.9 Å². The summed E-state index contributed by atoms with van der Waals surface area (Å²) >= 11 is 0. The largest absolute Gasteiger partial charge is 0.466 e. The van der Waals surface area contributed by atoms with Gasteiger partial charge in [-0.05, 0) is 30.7 Å². The van der Waals surface area contributed by atoms with Crippen LogP contribution in [-0.2, 0) is 9.53 Å². The Morgan fingerprint density at radius 2 is 1.83 bits per heavy atom. The van der Waals surface area contributed by atoms with Crippen LogP contribution in [0.5, 0.6) is 0 Å². The van der Waals surface area contributed by atoms with Crippen LogP contribution in [0.2, 0.25) is 0 Å².